The van der Waals surface area contributed by atoms with Gasteiger partial charge in [-0.2, -0.15) is 0 Å². The number of ether oxygens (including phenoxy) is 3. The summed E-state index contributed by atoms with van der Waals surface area (Å²) in [4.78, 5) is 26.7. The molecule has 492 valence electrons. The quantitative estimate of drug-likeness (QED) is 0.0195. The summed E-state index contributed by atoms with van der Waals surface area (Å²) in [5.41, 5.74) is 0. The summed E-state index contributed by atoms with van der Waals surface area (Å²) in [5, 5.41) is 57.2. The highest BCUT2D eigenvalue weighted by atomic mass is 16.7. The van der Waals surface area contributed by atoms with Gasteiger partial charge < -0.3 is 45.1 Å². The predicted octanol–water partition coefficient (Wildman–Crippen LogP) is 18.1. The molecule has 1 rings (SSSR count). The summed E-state index contributed by atoms with van der Waals surface area (Å²) in [5.74, 6) is -1.22. The van der Waals surface area contributed by atoms with Gasteiger partial charge in [-0.05, 0) is 77.0 Å². The minimum Gasteiger partial charge on any atom is -0.454 e. The first-order chi connectivity index (χ1) is 41.7. The van der Waals surface area contributed by atoms with E-state index in [-0.39, 0.29) is 13.0 Å². The Hall–Kier alpha value is -3.16. The monoisotopic (exact) mass is 1190 g/mol. The second-order valence-electron chi connectivity index (χ2n) is 24.2. The lowest BCUT2D eigenvalue weighted by atomic mass is 9.99. The van der Waals surface area contributed by atoms with Crippen LogP contribution in [-0.4, -0.2) is 99.6 Å². The van der Waals surface area contributed by atoms with Crippen LogP contribution in [0, 0.1) is 0 Å². The smallest absolute Gasteiger partial charge is 0.306 e. The van der Waals surface area contributed by atoms with Gasteiger partial charge in [0.05, 0.1) is 25.4 Å². The summed E-state index contributed by atoms with van der Waals surface area (Å²) in [6.07, 6.45) is 70.6. The maximum absolute atomic E-state index is 13.5. The highest BCUT2D eigenvalue weighted by molar-refractivity contribution is 5.80. The number of aliphatic hydroxyl groups excluding tert-OH is 5. The Labute approximate surface area is 521 Å². The molecule has 0 radical (unpaired) electrons. The van der Waals surface area contributed by atoms with Crippen molar-refractivity contribution in [2.45, 2.75) is 359 Å². The average molecular weight is 1190 g/mol. The van der Waals surface area contributed by atoms with Crippen LogP contribution in [-0.2, 0) is 23.8 Å². The third kappa shape index (κ3) is 48.4. The molecule has 1 aliphatic heterocycles. The molecule has 0 aromatic carbocycles. The molecule has 0 saturated carbocycles. The number of nitrogens with one attached hydrogen (secondary N) is 1. The van der Waals surface area contributed by atoms with Crippen LogP contribution in [0.4, 0.5) is 0 Å². The van der Waals surface area contributed by atoms with E-state index in [9.17, 15) is 35.1 Å². The Morgan fingerprint density at radius 3 is 1.27 bits per heavy atom. The molecule has 85 heavy (non-hydrogen) atoms. The van der Waals surface area contributed by atoms with Crippen molar-refractivity contribution in [2.24, 2.45) is 0 Å². The normalized spacial score (nSPS) is 18.9. The number of aliphatic hydroxyl groups is 5. The van der Waals surface area contributed by atoms with Crippen LogP contribution in [0.25, 0.3) is 0 Å². The lowest BCUT2D eigenvalue weighted by Crippen LogP contribution is -2.61. The topological polar surface area (TPSA) is 175 Å². The van der Waals surface area contributed by atoms with E-state index >= 15 is 0 Å². The molecule has 1 amide bonds. The zero-order valence-corrected chi connectivity index (χ0v) is 54.7. The summed E-state index contributed by atoms with van der Waals surface area (Å²) >= 11 is 0. The SMILES string of the molecule is CC/C=C\C/C=C\C/C=C\C/C=C\C/C=C\C/C=C\CCCCCCC(=O)OC1C(OCC(NC(=O)C(O)CCCCCCCCCCCCCCCCCCCCCCCC)C(O)/C=C/CCCCCCCCCCC)OC(CO)C(O)C1O. The molecule has 1 saturated heterocycles. The van der Waals surface area contributed by atoms with Gasteiger partial charge in [-0.25, -0.2) is 0 Å². The molecule has 1 aliphatic rings. The van der Waals surface area contributed by atoms with Crippen molar-refractivity contribution >= 4 is 11.9 Å². The standard InChI is InChI=1S/C74H131NO10/c1-4-7-10-13-16-19-22-24-26-28-30-32-34-36-38-40-42-44-47-50-53-56-59-62-69(79)85-72-71(81)70(80)68(63-76)84-74(72)83-64-65(66(77)60-57-54-51-48-45-21-18-15-12-9-6-3)75-73(82)67(78)61-58-55-52-49-46-43-41-39-37-35-33-31-29-27-25-23-20-17-14-11-8-5-2/h7,10,16,19,24,26,30,32,36,38,42,44,57,60,65-68,70-72,74,76-78,80-81H,4-6,8-9,11-15,17-18,20-23,25,27-29,31,33-35,37,39-41,43,45-56,58-59,61-64H2,1-3H3,(H,75,82)/b10-7-,19-16-,26-24-,32-30-,38-36-,44-42-,60-57+. The van der Waals surface area contributed by atoms with Crippen LogP contribution in [0.15, 0.2) is 85.1 Å². The number of hydrogen-bond acceptors (Lipinski definition) is 10. The molecule has 0 spiro atoms. The number of unbranched alkanes of at least 4 members (excludes halogenated alkanes) is 34. The third-order valence-corrected chi connectivity index (χ3v) is 16.3. The van der Waals surface area contributed by atoms with E-state index in [4.69, 9.17) is 14.2 Å². The number of amides is 1. The van der Waals surface area contributed by atoms with Crippen molar-refractivity contribution in [2.75, 3.05) is 13.2 Å². The molecular formula is C74H131NO10. The van der Waals surface area contributed by atoms with Crippen molar-refractivity contribution in [3.63, 3.8) is 0 Å². The maximum Gasteiger partial charge on any atom is 0.306 e. The van der Waals surface area contributed by atoms with Gasteiger partial charge in [0, 0.05) is 6.42 Å². The predicted molar refractivity (Wildman–Crippen MR) is 356 cm³/mol. The Morgan fingerprint density at radius 1 is 0.471 bits per heavy atom. The summed E-state index contributed by atoms with van der Waals surface area (Å²) < 4.78 is 17.7. The van der Waals surface area contributed by atoms with Crippen LogP contribution in [0.1, 0.15) is 310 Å². The van der Waals surface area contributed by atoms with Gasteiger partial charge in [0.15, 0.2) is 12.4 Å². The lowest BCUT2D eigenvalue weighted by molar-refractivity contribution is -0.305. The highest BCUT2D eigenvalue weighted by Crippen LogP contribution is 2.26. The molecule has 8 atom stereocenters. The Bertz CT molecular complexity index is 1710. The van der Waals surface area contributed by atoms with E-state index in [1.54, 1.807) is 6.08 Å². The van der Waals surface area contributed by atoms with Gasteiger partial charge in [0.1, 0.15) is 24.4 Å². The van der Waals surface area contributed by atoms with Gasteiger partial charge in [0.2, 0.25) is 5.91 Å². The second-order valence-corrected chi connectivity index (χ2v) is 24.2. The van der Waals surface area contributed by atoms with Gasteiger partial charge in [-0.15, -0.1) is 0 Å². The largest absolute Gasteiger partial charge is 0.454 e. The van der Waals surface area contributed by atoms with E-state index in [0.717, 1.165) is 103 Å². The van der Waals surface area contributed by atoms with E-state index in [2.05, 4.69) is 99.0 Å². The number of carbonyl (C=O) groups is 2. The number of esters is 1. The van der Waals surface area contributed by atoms with Crippen molar-refractivity contribution in [3.8, 4) is 0 Å². The number of allylic oxidation sites excluding steroid dienone is 13. The van der Waals surface area contributed by atoms with Gasteiger partial charge in [0.25, 0.3) is 0 Å². The Kier molecular flexibility index (Phi) is 57.4. The zero-order chi connectivity index (χ0) is 61.7. The van der Waals surface area contributed by atoms with Crippen molar-refractivity contribution < 1.29 is 49.3 Å². The number of rotatable bonds is 60. The van der Waals surface area contributed by atoms with Crippen LogP contribution in [0.2, 0.25) is 0 Å². The van der Waals surface area contributed by atoms with Crippen LogP contribution in [0.3, 0.4) is 0 Å². The lowest BCUT2D eigenvalue weighted by Gasteiger charge is -2.41. The van der Waals surface area contributed by atoms with Gasteiger partial charge >= 0.3 is 5.97 Å². The van der Waals surface area contributed by atoms with Crippen molar-refractivity contribution in [1.82, 2.24) is 5.32 Å². The zero-order valence-electron chi connectivity index (χ0n) is 54.7. The molecule has 11 heteroatoms. The van der Waals surface area contributed by atoms with Crippen LogP contribution < -0.4 is 5.32 Å². The van der Waals surface area contributed by atoms with Gasteiger partial charge in [-0.3, -0.25) is 9.59 Å². The van der Waals surface area contributed by atoms with E-state index < -0.39 is 67.4 Å². The molecule has 1 heterocycles. The van der Waals surface area contributed by atoms with Crippen molar-refractivity contribution in [3.05, 3.63) is 85.1 Å². The second kappa shape index (κ2) is 61.1. The third-order valence-electron chi connectivity index (χ3n) is 16.3. The molecule has 11 nitrogen and oxygen atoms in total. The van der Waals surface area contributed by atoms with Crippen LogP contribution in [0.5, 0.6) is 0 Å². The fourth-order valence-corrected chi connectivity index (χ4v) is 10.8. The number of carbonyl (C=O) groups excluding carboxylic acids is 2. The first-order valence-corrected chi connectivity index (χ1v) is 35.4. The minimum atomic E-state index is -1.63. The van der Waals surface area contributed by atoms with Gasteiger partial charge in [-0.1, -0.05) is 311 Å². The molecular weight excluding hydrogens is 1060 g/mol. The van der Waals surface area contributed by atoms with Crippen LogP contribution >= 0.6 is 0 Å². The van der Waals surface area contributed by atoms with E-state index in [0.29, 0.717) is 19.3 Å². The van der Waals surface area contributed by atoms with E-state index in [1.165, 1.54) is 161 Å². The Balaban J connectivity index is 2.58. The maximum atomic E-state index is 13.5. The molecule has 8 unspecified atom stereocenters. The first-order valence-electron chi connectivity index (χ1n) is 35.4. The summed E-state index contributed by atoms with van der Waals surface area (Å²) in [7, 11) is 0. The summed E-state index contributed by atoms with van der Waals surface area (Å²) in [6, 6.07) is -1.03. The van der Waals surface area contributed by atoms with E-state index in [1.807, 2.05) is 6.08 Å². The fourth-order valence-electron chi connectivity index (χ4n) is 10.8. The molecule has 0 aliphatic carbocycles. The Morgan fingerprint density at radius 2 is 0.847 bits per heavy atom. The first kappa shape index (κ1) is 79.9. The summed E-state index contributed by atoms with van der Waals surface area (Å²) in [6.45, 7) is 5.69. The minimum absolute atomic E-state index is 0.0913. The van der Waals surface area contributed by atoms with Crippen molar-refractivity contribution in [1.29, 1.82) is 0 Å². The average Bonchev–Trinajstić information content (AvgIpc) is 2.90. The number of hydrogen-bond donors (Lipinski definition) is 6. The highest BCUT2D eigenvalue weighted by Gasteiger charge is 2.47. The molecule has 0 aromatic rings. The fraction of sp³-hybridized carbons (Fsp3) is 0.784. The molecule has 6 N–H and O–H groups in total. The molecule has 0 bridgehead atoms. The molecule has 1 fully saturated rings. The molecule has 0 aromatic heterocycles.